The quantitative estimate of drug-likeness (QED) is 0.508. The molecular formula is C13H7F5N2O. The van der Waals surface area contributed by atoms with E-state index in [0.717, 1.165) is 0 Å². The molecule has 0 atom stereocenters. The molecule has 3 nitrogen and oxygen atoms in total. The molecule has 0 heterocycles. The van der Waals surface area contributed by atoms with E-state index in [1.807, 2.05) is 0 Å². The average Bonchev–Trinajstić information content (AvgIpc) is 2.40. The molecular weight excluding hydrogens is 295 g/mol. The summed E-state index contributed by atoms with van der Waals surface area (Å²) in [7, 11) is 0. The zero-order valence-corrected chi connectivity index (χ0v) is 10.2. The highest BCUT2D eigenvalue weighted by atomic mass is 19.2. The van der Waals surface area contributed by atoms with E-state index in [4.69, 9.17) is 5.73 Å². The highest BCUT2D eigenvalue weighted by Crippen LogP contribution is 2.22. The van der Waals surface area contributed by atoms with Gasteiger partial charge in [-0.2, -0.15) is 0 Å². The molecule has 8 heteroatoms. The lowest BCUT2D eigenvalue weighted by atomic mass is 10.1. The van der Waals surface area contributed by atoms with E-state index in [1.54, 1.807) is 5.32 Å². The fraction of sp³-hybridized carbons (Fsp3) is 0. The molecule has 2 aromatic rings. The molecule has 2 aromatic carbocycles. The third-order valence-electron chi connectivity index (χ3n) is 2.57. The zero-order chi connectivity index (χ0) is 15.7. The van der Waals surface area contributed by atoms with Crippen LogP contribution in [0.2, 0.25) is 0 Å². The van der Waals surface area contributed by atoms with Crippen LogP contribution >= 0.6 is 0 Å². The lowest BCUT2D eigenvalue weighted by molar-refractivity contribution is 0.102. The van der Waals surface area contributed by atoms with E-state index < -0.39 is 51.9 Å². The molecule has 0 saturated heterocycles. The molecule has 0 saturated carbocycles. The first-order valence-corrected chi connectivity index (χ1v) is 5.50. The van der Waals surface area contributed by atoms with Crippen molar-refractivity contribution in [3.05, 3.63) is 58.9 Å². The Morgan fingerprint density at radius 1 is 0.905 bits per heavy atom. The maximum Gasteiger partial charge on any atom is 0.258 e. The van der Waals surface area contributed by atoms with Gasteiger partial charge in [-0.3, -0.25) is 4.79 Å². The van der Waals surface area contributed by atoms with Crippen molar-refractivity contribution < 1.29 is 26.7 Å². The minimum atomic E-state index is -1.45. The van der Waals surface area contributed by atoms with Gasteiger partial charge >= 0.3 is 0 Å². The fourth-order valence-electron chi connectivity index (χ4n) is 1.58. The van der Waals surface area contributed by atoms with E-state index in [1.165, 1.54) is 0 Å². The van der Waals surface area contributed by atoms with Crippen LogP contribution in [0.25, 0.3) is 0 Å². The number of rotatable bonds is 2. The molecule has 0 fully saturated rings. The fourth-order valence-corrected chi connectivity index (χ4v) is 1.58. The van der Waals surface area contributed by atoms with Crippen molar-refractivity contribution in [2.45, 2.75) is 0 Å². The van der Waals surface area contributed by atoms with Crippen molar-refractivity contribution >= 4 is 17.3 Å². The summed E-state index contributed by atoms with van der Waals surface area (Å²) < 4.78 is 65.8. The maximum atomic E-state index is 13.6. The van der Waals surface area contributed by atoms with E-state index in [2.05, 4.69) is 0 Å². The number of anilines is 2. The van der Waals surface area contributed by atoms with Crippen LogP contribution in [0.3, 0.4) is 0 Å². The zero-order valence-electron chi connectivity index (χ0n) is 10.2. The van der Waals surface area contributed by atoms with Crippen molar-refractivity contribution in [3.8, 4) is 0 Å². The third kappa shape index (κ3) is 2.93. The summed E-state index contributed by atoms with van der Waals surface area (Å²) in [6, 6.07) is 1.79. The van der Waals surface area contributed by atoms with Crippen LogP contribution in [-0.2, 0) is 0 Å². The second-order valence-corrected chi connectivity index (χ2v) is 4.06. The van der Waals surface area contributed by atoms with E-state index in [0.29, 0.717) is 18.2 Å². The Balaban J connectivity index is 2.37. The molecule has 0 bridgehead atoms. The molecule has 0 aromatic heterocycles. The Hall–Kier alpha value is -2.64. The monoisotopic (exact) mass is 302 g/mol. The van der Waals surface area contributed by atoms with Crippen molar-refractivity contribution in [1.29, 1.82) is 0 Å². The summed E-state index contributed by atoms with van der Waals surface area (Å²) in [5, 5.41) is 1.81. The number of carbonyl (C=O) groups is 1. The number of hydrogen-bond donors (Lipinski definition) is 2. The maximum absolute atomic E-state index is 13.6. The Morgan fingerprint density at radius 2 is 1.52 bits per heavy atom. The first-order valence-electron chi connectivity index (χ1n) is 5.50. The first kappa shape index (κ1) is 14.8. The van der Waals surface area contributed by atoms with Gasteiger partial charge in [-0.15, -0.1) is 0 Å². The third-order valence-corrected chi connectivity index (χ3v) is 2.57. The standard InChI is InChI=1S/C13H7F5N2O/c14-5-1-6(12(18)10(19)2-5)13(21)20-11-4-8(16)7(15)3-9(11)17/h1-4H,19H2,(H,20,21). The van der Waals surface area contributed by atoms with E-state index in [9.17, 15) is 26.7 Å². The van der Waals surface area contributed by atoms with Gasteiger partial charge in [0.15, 0.2) is 17.5 Å². The minimum Gasteiger partial charge on any atom is -0.396 e. The van der Waals surface area contributed by atoms with Crippen molar-refractivity contribution in [2.75, 3.05) is 11.1 Å². The molecule has 0 aliphatic rings. The molecule has 0 aliphatic carbocycles. The van der Waals surface area contributed by atoms with Crippen LogP contribution in [0, 0.1) is 29.1 Å². The Labute approximate surface area is 115 Å². The van der Waals surface area contributed by atoms with Crippen molar-refractivity contribution in [1.82, 2.24) is 0 Å². The minimum absolute atomic E-state index is 0.210. The smallest absolute Gasteiger partial charge is 0.258 e. The van der Waals surface area contributed by atoms with Crippen molar-refractivity contribution in [3.63, 3.8) is 0 Å². The van der Waals surface area contributed by atoms with Gasteiger partial charge in [-0.05, 0) is 12.1 Å². The predicted molar refractivity (Wildman–Crippen MR) is 65.0 cm³/mol. The summed E-state index contributed by atoms with van der Waals surface area (Å²) in [5.74, 6) is -7.59. The SMILES string of the molecule is Nc1cc(F)cc(C(=O)Nc2cc(F)c(F)cc2F)c1F. The van der Waals surface area contributed by atoms with Crippen molar-refractivity contribution in [2.24, 2.45) is 0 Å². The number of amides is 1. The lowest BCUT2D eigenvalue weighted by Crippen LogP contribution is -2.16. The number of carbonyl (C=O) groups excluding carboxylic acids is 1. The summed E-state index contributed by atoms with van der Waals surface area (Å²) in [4.78, 5) is 11.7. The van der Waals surface area contributed by atoms with Crippen LogP contribution in [-0.4, -0.2) is 5.91 Å². The highest BCUT2D eigenvalue weighted by molar-refractivity contribution is 6.05. The van der Waals surface area contributed by atoms with Crippen LogP contribution in [0.15, 0.2) is 24.3 Å². The van der Waals surface area contributed by atoms with Gasteiger partial charge < -0.3 is 11.1 Å². The summed E-state index contributed by atoms with van der Waals surface area (Å²) >= 11 is 0. The number of nitrogen functional groups attached to an aromatic ring is 1. The van der Waals surface area contributed by atoms with Gasteiger partial charge in [0.1, 0.15) is 11.6 Å². The second kappa shape index (κ2) is 5.39. The molecule has 110 valence electrons. The summed E-state index contributed by atoms with van der Waals surface area (Å²) in [5.41, 5.74) is 3.01. The number of halogens is 5. The van der Waals surface area contributed by atoms with Gasteiger partial charge in [-0.1, -0.05) is 0 Å². The molecule has 3 N–H and O–H groups in total. The van der Waals surface area contributed by atoms with Gasteiger partial charge in [0, 0.05) is 12.1 Å². The van der Waals surface area contributed by atoms with Crippen LogP contribution in [0.4, 0.5) is 33.3 Å². The highest BCUT2D eigenvalue weighted by Gasteiger charge is 2.18. The molecule has 0 spiro atoms. The second-order valence-electron chi connectivity index (χ2n) is 4.06. The summed E-state index contributed by atoms with van der Waals surface area (Å²) in [6.45, 7) is 0. The van der Waals surface area contributed by atoms with Gasteiger partial charge in [0.25, 0.3) is 5.91 Å². The summed E-state index contributed by atoms with van der Waals surface area (Å²) in [6.07, 6.45) is 0. The Kier molecular flexibility index (Phi) is 3.79. The Morgan fingerprint density at radius 3 is 2.19 bits per heavy atom. The molecule has 0 aliphatic heterocycles. The average molecular weight is 302 g/mol. The van der Waals surface area contributed by atoms with Crippen LogP contribution < -0.4 is 11.1 Å². The molecule has 2 rings (SSSR count). The van der Waals surface area contributed by atoms with E-state index >= 15 is 0 Å². The molecule has 0 radical (unpaired) electrons. The largest absolute Gasteiger partial charge is 0.396 e. The predicted octanol–water partition coefficient (Wildman–Crippen LogP) is 3.22. The van der Waals surface area contributed by atoms with Gasteiger partial charge in [0.2, 0.25) is 0 Å². The van der Waals surface area contributed by atoms with Crippen LogP contribution in [0.1, 0.15) is 10.4 Å². The number of nitrogens with two attached hydrogens (primary N) is 1. The van der Waals surface area contributed by atoms with Crippen LogP contribution in [0.5, 0.6) is 0 Å². The van der Waals surface area contributed by atoms with Gasteiger partial charge in [0.05, 0.1) is 16.9 Å². The molecule has 1 amide bonds. The number of hydrogen-bond acceptors (Lipinski definition) is 2. The molecule has 21 heavy (non-hydrogen) atoms. The first-order chi connectivity index (χ1) is 9.79. The number of nitrogens with one attached hydrogen (secondary N) is 1. The van der Waals surface area contributed by atoms with E-state index in [-0.39, 0.29) is 6.07 Å². The topological polar surface area (TPSA) is 55.1 Å². The lowest BCUT2D eigenvalue weighted by Gasteiger charge is -2.09. The number of benzene rings is 2. The van der Waals surface area contributed by atoms with Gasteiger partial charge in [-0.25, -0.2) is 22.0 Å². The molecule has 0 unspecified atom stereocenters. The normalized spacial score (nSPS) is 10.5. The Bertz CT molecular complexity index is 733.